The molecule has 122 valence electrons. The number of piperidine rings is 1. The zero-order chi connectivity index (χ0) is 16.5. The van der Waals surface area contributed by atoms with Crippen molar-refractivity contribution in [3.8, 4) is 11.3 Å². The molecule has 6 heteroatoms. The van der Waals surface area contributed by atoms with Gasteiger partial charge in [0.1, 0.15) is 11.3 Å². The van der Waals surface area contributed by atoms with E-state index in [2.05, 4.69) is 56.4 Å². The number of benzene rings is 1. The lowest BCUT2D eigenvalue weighted by Crippen LogP contribution is -2.43. The second-order valence-electron chi connectivity index (χ2n) is 6.34. The molecule has 1 saturated heterocycles. The topological polar surface area (TPSA) is 89.6 Å². The first kappa shape index (κ1) is 15.1. The van der Waals surface area contributed by atoms with Crippen LogP contribution in [0.3, 0.4) is 0 Å². The molecule has 1 fully saturated rings. The summed E-state index contributed by atoms with van der Waals surface area (Å²) >= 11 is 0. The van der Waals surface area contributed by atoms with E-state index in [4.69, 9.17) is 5.73 Å². The second kappa shape index (κ2) is 6.22. The standard InChI is InChI=1S/C18H20N6/c1-11-2-4-12(5-3-11)14-9-22-18-15(23-14)10-21-17(24-18)13-6-7-20-16(19)8-13/h2-5,9-10,13,16,20H,6-8,19H2,1H3. The van der Waals surface area contributed by atoms with E-state index in [1.54, 1.807) is 12.4 Å². The van der Waals surface area contributed by atoms with Gasteiger partial charge in [-0.15, -0.1) is 0 Å². The molecular weight excluding hydrogens is 300 g/mol. The van der Waals surface area contributed by atoms with Gasteiger partial charge in [0.15, 0.2) is 5.65 Å². The van der Waals surface area contributed by atoms with E-state index in [9.17, 15) is 0 Å². The van der Waals surface area contributed by atoms with Gasteiger partial charge in [0, 0.05) is 11.5 Å². The molecule has 0 saturated carbocycles. The SMILES string of the molecule is Cc1ccc(-c2cnc3nc(C4CCNC(N)C4)ncc3n2)cc1. The highest BCUT2D eigenvalue weighted by atomic mass is 15.0. The van der Waals surface area contributed by atoms with E-state index in [1.165, 1.54) is 5.56 Å². The van der Waals surface area contributed by atoms with Crippen LogP contribution in [0.2, 0.25) is 0 Å². The van der Waals surface area contributed by atoms with Crippen LogP contribution < -0.4 is 11.1 Å². The molecule has 1 aliphatic rings. The maximum absolute atomic E-state index is 5.98. The minimum absolute atomic E-state index is 0.0121. The van der Waals surface area contributed by atoms with Gasteiger partial charge in [0.25, 0.3) is 0 Å². The molecule has 3 N–H and O–H groups in total. The van der Waals surface area contributed by atoms with E-state index in [0.717, 1.165) is 42.0 Å². The predicted molar refractivity (Wildman–Crippen MR) is 93.3 cm³/mol. The minimum atomic E-state index is 0.0121. The highest BCUT2D eigenvalue weighted by Gasteiger charge is 2.23. The first-order valence-corrected chi connectivity index (χ1v) is 8.25. The zero-order valence-corrected chi connectivity index (χ0v) is 13.6. The van der Waals surface area contributed by atoms with Crippen molar-refractivity contribution in [3.63, 3.8) is 0 Å². The number of hydrogen-bond donors (Lipinski definition) is 2. The number of rotatable bonds is 2. The van der Waals surface area contributed by atoms with Gasteiger partial charge in [-0.1, -0.05) is 29.8 Å². The molecule has 0 radical (unpaired) electrons. The summed E-state index contributed by atoms with van der Waals surface area (Å²) in [5.41, 5.74) is 10.4. The summed E-state index contributed by atoms with van der Waals surface area (Å²) in [6.07, 6.45) is 5.40. The van der Waals surface area contributed by atoms with E-state index >= 15 is 0 Å². The number of aryl methyl sites for hydroxylation is 1. The molecule has 6 nitrogen and oxygen atoms in total. The molecule has 4 rings (SSSR count). The Morgan fingerprint density at radius 3 is 2.71 bits per heavy atom. The Kier molecular flexibility index (Phi) is 3.92. The summed E-state index contributed by atoms with van der Waals surface area (Å²) < 4.78 is 0. The van der Waals surface area contributed by atoms with Crippen LogP contribution in [0.15, 0.2) is 36.7 Å². The van der Waals surface area contributed by atoms with E-state index in [0.29, 0.717) is 5.65 Å². The Bertz CT molecular complexity index is 861. The lowest BCUT2D eigenvalue weighted by atomic mass is 9.95. The number of aromatic nitrogens is 4. The summed E-state index contributed by atoms with van der Waals surface area (Å²) in [5.74, 6) is 1.10. The number of nitrogens with two attached hydrogens (primary N) is 1. The number of nitrogens with one attached hydrogen (secondary N) is 1. The summed E-state index contributed by atoms with van der Waals surface area (Å²) in [5, 5.41) is 3.24. The van der Waals surface area contributed by atoms with Gasteiger partial charge in [-0.3, -0.25) is 0 Å². The molecule has 0 spiro atoms. The largest absolute Gasteiger partial charge is 0.316 e. The van der Waals surface area contributed by atoms with Gasteiger partial charge in [-0.05, 0) is 26.3 Å². The summed E-state index contributed by atoms with van der Waals surface area (Å²) in [6, 6.07) is 8.25. The van der Waals surface area contributed by atoms with Gasteiger partial charge in [-0.25, -0.2) is 19.9 Å². The normalized spacial score (nSPS) is 21.1. The van der Waals surface area contributed by atoms with Crippen LogP contribution in [0.1, 0.15) is 30.1 Å². The van der Waals surface area contributed by atoms with Crippen LogP contribution in [0.25, 0.3) is 22.4 Å². The highest BCUT2D eigenvalue weighted by molar-refractivity contribution is 5.72. The first-order valence-electron chi connectivity index (χ1n) is 8.25. The fourth-order valence-corrected chi connectivity index (χ4v) is 3.08. The molecular formula is C18H20N6. The van der Waals surface area contributed by atoms with Crippen molar-refractivity contribution in [3.05, 3.63) is 48.0 Å². The number of nitrogens with zero attached hydrogens (tertiary/aromatic N) is 4. The van der Waals surface area contributed by atoms with Gasteiger partial charge >= 0.3 is 0 Å². The first-order chi connectivity index (χ1) is 11.7. The molecule has 24 heavy (non-hydrogen) atoms. The van der Waals surface area contributed by atoms with Crippen molar-refractivity contribution in [1.82, 2.24) is 25.3 Å². The molecule has 1 aromatic carbocycles. The van der Waals surface area contributed by atoms with Crippen LogP contribution >= 0.6 is 0 Å². The zero-order valence-electron chi connectivity index (χ0n) is 13.6. The van der Waals surface area contributed by atoms with Crippen molar-refractivity contribution >= 4 is 11.2 Å². The third kappa shape index (κ3) is 2.98. The lowest BCUT2D eigenvalue weighted by Gasteiger charge is -2.26. The average molecular weight is 320 g/mol. The van der Waals surface area contributed by atoms with Crippen molar-refractivity contribution < 1.29 is 0 Å². The Hall–Kier alpha value is -2.44. The van der Waals surface area contributed by atoms with Crippen molar-refractivity contribution in [2.24, 2.45) is 5.73 Å². The van der Waals surface area contributed by atoms with E-state index in [1.807, 2.05) is 0 Å². The molecule has 3 aromatic rings. The van der Waals surface area contributed by atoms with Crippen LogP contribution in [0, 0.1) is 6.92 Å². The fraction of sp³-hybridized carbons (Fsp3) is 0.333. The summed E-state index contributed by atoms with van der Waals surface area (Å²) in [7, 11) is 0. The highest BCUT2D eigenvalue weighted by Crippen LogP contribution is 2.25. The molecule has 2 unspecified atom stereocenters. The maximum Gasteiger partial charge on any atom is 0.181 e. The molecule has 2 aromatic heterocycles. The van der Waals surface area contributed by atoms with Gasteiger partial charge < -0.3 is 11.1 Å². The third-order valence-electron chi connectivity index (χ3n) is 4.47. The Morgan fingerprint density at radius 1 is 1.08 bits per heavy atom. The number of fused-ring (bicyclic) bond motifs is 1. The van der Waals surface area contributed by atoms with E-state index in [-0.39, 0.29) is 12.1 Å². The Labute approximate surface area is 140 Å². The average Bonchev–Trinajstić information content (AvgIpc) is 2.61. The molecule has 1 aliphatic heterocycles. The Morgan fingerprint density at radius 2 is 1.92 bits per heavy atom. The smallest absolute Gasteiger partial charge is 0.181 e. The Balaban J connectivity index is 1.66. The van der Waals surface area contributed by atoms with Crippen LogP contribution in [0.5, 0.6) is 0 Å². The molecule has 0 bridgehead atoms. The van der Waals surface area contributed by atoms with E-state index < -0.39 is 0 Å². The van der Waals surface area contributed by atoms with Crippen LogP contribution in [-0.2, 0) is 0 Å². The summed E-state index contributed by atoms with van der Waals surface area (Å²) in [6.45, 7) is 2.96. The second-order valence-corrected chi connectivity index (χ2v) is 6.34. The van der Waals surface area contributed by atoms with Gasteiger partial charge in [-0.2, -0.15) is 0 Å². The van der Waals surface area contributed by atoms with Crippen molar-refractivity contribution in [1.29, 1.82) is 0 Å². The van der Waals surface area contributed by atoms with Crippen LogP contribution in [-0.4, -0.2) is 32.6 Å². The lowest BCUT2D eigenvalue weighted by molar-refractivity contribution is 0.360. The maximum atomic E-state index is 5.98. The molecule has 0 aliphatic carbocycles. The van der Waals surface area contributed by atoms with Crippen molar-refractivity contribution in [2.45, 2.75) is 31.8 Å². The summed E-state index contributed by atoms with van der Waals surface area (Å²) in [4.78, 5) is 18.3. The van der Waals surface area contributed by atoms with Crippen LogP contribution in [0.4, 0.5) is 0 Å². The number of hydrogen-bond acceptors (Lipinski definition) is 6. The van der Waals surface area contributed by atoms with Gasteiger partial charge in [0.05, 0.1) is 24.3 Å². The minimum Gasteiger partial charge on any atom is -0.316 e. The monoisotopic (exact) mass is 320 g/mol. The molecule has 0 amide bonds. The quantitative estimate of drug-likeness (QED) is 0.752. The third-order valence-corrected chi connectivity index (χ3v) is 4.47. The van der Waals surface area contributed by atoms with Crippen molar-refractivity contribution in [2.75, 3.05) is 6.54 Å². The molecule has 3 heterocycles. The molecule has 2 atom stereocenters. The fourth-order valence-electron chi connectivity index (χ4n) is 3.08. The van der Waals surface area contributed by atoms with Gasteiger partial charge in [0.2, 0.25) is 0 Å². The predicted octanol–water partition coefficient (Wildman–Crippen LogP) is 2.15.